The van der Waals surface area contributed by atoms with Gasteiger partial charge < -0.3 is 0 Å². The van der Waals surface area contributed by atoms with E-state index in [1.165, 1.54) is 12.1 Å². The maximum Gasteiger partial charge on any atom is 0.417 e. The lowest BCUT2D eigenvalue weighted by Gasteiger charge is -2.09. The smallest absolute Gasteiger partial charge is 0.207 e. The van der Waals surface area contributed by atoms with E-state index in [-0.39, 0.29) is 16.7 Å². The van der Waals surface area contributed by atoms with E-state index in [2.05, 4.69) is 6.07 Å². The van der Waals surface area contributed by atoms with Gasteiger partial charge in [0.05, 0.1) is 17.2 Å². The van der Waals surface area contributed by atoms with Gasteiger partial charge in [-0.15, -0.1) is 0 Å². The molecule has 0 saturated heterocycles. The van der Waals surface area contributed by atoms with Crippen LogP contribution in [0.3, 0.4) is 0 Å². The van der Waals surface area contributed by atoms with Gasteiger partial charge in [-0.3, -0.25) is 0 Å². The number of hydrogen-bond donors (Lipinski definition) is 0. The molecule has 0 saturated carbocycles. The fraction of sp³-hybridized carbons (Fsp3) is 0.0714. The summed E-state index contributed by atoms with van der Waals surface area (Å²) < 4.78 is 50.7. The molecule has 2 aromatic carbocycles. The molecular weight excluding hydrogens is 258 g/mol. The number of nitrogens with zero attached hydrogens (tertiary/aromatic N) is 1. The summed E-state index contributed by atoms with van der Waals surface area (Å²) in [6.07, 6.45) is -4.51. The Labute approximate surface area is 106 Å². The van der Waals surface area contributed by atoms with Crippen LogP contribution in [0.1, 0.15) is 11.1 Å². The Kier molecular flexibility index (Phi) is 3.26. The number of rotatable bonds is 1. The highest BCUT2D eigenvalue weighted by Gasteiger charge is 2.30. The van der Waals surface area contributed by atoms with E-state index in [4.69, 9.17) is 5.26 Å². The summed E-state index contributed by atoms with van der Waals surface area (Å²) in [6, 6.07) is 10.6. The maximum absolute atomic E-state index is 13.0. The first-order valence-corrected chi connectivity index (χ1v) is 5.21. The quantitative estimate of drug-likeness (QED) is 0.709. The Morgan fingerprint density at radius 3 is 2.47 bits per heavy atom. The lowest BCUT2D eigenvalue weighted by molar-refractivity contribution is -0.137. The van der Waals surface area contributed by atoms with Gasteiger partial charge in [-0.05, 0) is 35.4 Å². The third-order valence-corrected chi connectivity index (χ3v) is 2.52. The molecule has 19 heavy (non-hydrogen) atoms. The SMILES string of the molecule is N#Cc1cc(F)ccc1-c1cc[c]c(C(F)(F)F)c1. The predicted molar refractivity (Wildman–Crippen MR) is 60.4 cm³/mol. The number of halogens is 4. The van der Waals surface area contributed by atoms with Gasteiger partial charge in [-0.2, -0.15) is 18.4 Å². The first-order chi connectivity index (χ1) is 8.91. The summed E-state index contributed by atoms with van der Waals surface area (Å²) in [5.41, 5.74) is -0.497. The molecule has 0 unspecified atom stereocenters. The second-order valence-corrected chi connectivity index (χ2v) is 3.79. The summed E-state index contributed by atoms with van der Waals surface area (Å²) in [7, 11) is 0. The van der Waals surface area contributed by atoms with E-state index < -0.39 is 17.6 Å². The predicted octanol–water partition coefficient (Wildman–Crippen LogP) is 4.18. The van der Waals surface area contributed by atoms with Crippen LogP contribution >= 0.6 is 0 Å². The summed E-state index contributed by atoms with van der Waals surface area (Å²) in [6.45, 7) is 0. The van der Waals surface area contributed by atoms with Gasteiger partial charge >= 0.3 is 6.18 Å². The van der Waals surface area contributed by atoms with Crippen LogP contribution in [-0.4, -0.2) is 0 Å². The minimum Gasteiger partial charge on any atom is -0.207 e. The highest BCUT2D eigenvalue weighted by atomic mass is 19.4. The Morgan fingerprint density at radius 1 is 1.11 bits per heavy atom. The standard InChI is InChI=1S/C14H6F4N/c15-12-4-5-13(10(7-12)8-19)9-2-1-3-11(6-9)14(16,17)18/h1-2,4-7H. The van der Waals surface area contributed by atoms with Crippen LogP contribution in [0.5, 0.6) is 0 Å². The molecule has 2 rings (SSSR count). The zero-order valence-corrected chi connectivity index (χ0v) is 9.42. The Bertz CT molecular complexity index is 653. The van der Waals surface area contributed by atoms with Gasteiger partial charge in [0, 0.05) is 0 Å². The van der Waals surface area contributed by atoms with Crippen molar-refractivity contribution in [2.75, 3.05) is 0 Å². The molecule has 0 amide bonds. The lowest BCUT2D eigenvalue weighted by atomic mass is 9.98. The van der Waals surface area contributed by atoms with E-state index in [9.17, 15) is 17.6 Å². The van der Waals surface area contributed by atoms with Crippen LogP contribution < -0.4 is 0 Å². The minimum absolute atomic E-state index is 0.0145. The Morgan fingerprint density at radius 2 is 1.84 bits per heavy atom. The van der Waals surface area contributed by atoms with E-state index in [1.54, 1.807) is 6.07 Å². The van der Waals surface area contributed by atoms with E-state index >= 15 is 0 Å². The normalized spacial score (nSPS) is 11.1. The zero-order valence-electron chi connectivity index (χ0n) is 9.42. The second-order valence-electron chi connectivity index (χ2n) is 3.79. The first-order valence-electron chi connectivity index (χ1n) is 5.21. The van der Waals surface area contributed by atoms with Crippen molar-refractivity contribution in [3.63, 3.8) is 0 Å². The summed E-state index contributed by atoms with van der Waals surface area (Å²) in [5, 5.41) is 8.89. The van der Waals surface area contributed by atoms with Crippen LogP contribution in [-0.2, 0) is 6.18 Å². The van der Waals surface area contributed by atoms with Crippen LogP contribution in [0.15, 0.2) is 36.4 Å². The summed E-state index contributed by atoms with van der Waals surface area (Å²) >= 11 is 0. The van der Waals surface area contributed by atoms with E-state index in [1.807, 2.05) is 0 Å². The molecule has 0 atom stereocenters. The molecule has 0 aliphatic rings. The third-order valence-electron chi connectivity index (χ3n) is 2.52. The van der Waals surface area contributed by atoms with Crippen molar-refractivity contribution in [2.45, 2.75) is 6.18 Å². The van der Waals surface area contributed by atoms with Gasteiger partial charge in [-0.1, -0.05) is 18.2 Å². The molecule has 0 spiro atoms. The highest BCUT2D eigenvalue weighted by molar-refractivity contribution is 5.71. The molecule has 0 N–H and O–H groups in total. The molecule has 95 valence electrons. The molecule has 5 heteroatoms. The van der Waals surface area contributed by atoms with Gasteiger partial charge in [0.25, 0.3) is 0 Å². The molecule has 0 aliphatic heterocycles. The molecule has 1 nitrogen and oxygen atoms in total. The zero-order chi connectivity index (χ0) is 14.0. The fourth-order valence-corrected chi connectivity index (χ4v) is 1.66. The van der Waals surface area contributed by atoms with Crippen LogP contribution in [0.25, 0.3) is 11.1 Å². The molecule has 0 fully saturated rings. The van der Waals surface area contributed by atoms with Gasteiger partial charge in [-0.25, -0.2) is 4.39 Å². The van der Waals surface area contributed by atoms with Gasteiger partial charge in [0.2, 0.25) is 0 Å². The molecule has 0 aliphatic carbocycles. The van der Waals surface area contributed by atoms with Crippen molar-refractivity contribution in [3.05, 3.63) is 59.4 Å². The molecular formula is C14H6F4N. The number of alkyl halides is 3. The molecule has 0 bridgehead atoms. The fourth-order valence-electron chi connectivity index (χ4n) is 1.66. The first kappa shape index (κ1) is 13.1. The average Bonchev–Trinajstić information content (AvgIpc) is 2.37. The Balaban J connectivity index is 2.58. The highest BCUT2D eigenvalue weighted by Crippen LogP contribution is 2.32. The van der Waals surface area contributed by atoms with Crippen molar-refractivity contribution < 1.29 is 17.6 Å². The number of nitriles is 1. The van der Waals surface area contributed by atoms with Gasteiger partial charge in [0.1, 0.15) is 5.82 Å². The monoisotopic (exact) mass is 264 g/mol. The average molecular weight is 264 g/mol. The van der Waals surface area contributed by atoms with Crippen molar-refractivity contribution in [2.24, 2.45) is 0 Å². The molecule has 1 radical (unpaired) electrons. The van der Waals surface area contributed by atoms with Crippen molar-refractivity contribution in [1.29, 1.82) is 5.26 Å². The van der Waals surface area contributed by atoms with Crippen LogP contribution in [0.4, 0.5) is 17.6 Å². The van der Waals surface area contributed by atoms with Crippen LogP contribution in [0.2, 0.25) is 0 Å². The number of hydrogen-bond acceptors (Lipinski definition) is 1. The minimum atomic E-state index is -4.51. The summed E-state index contributed by atoms with van der Waals surface area (Å²) in [4.78, 5) is 0. The second kappa shape index (κ2) is 4.73. The van der Waals surface area contributed by atoms with Crippen LogP contribution in [0, 0.1) is 23.2 Å². The third kappa shape index (κ3) is 2.74. The lowest BCUT2D eigenvalue weighted by Crippen LogP contribution is -2.05. The van der Waals surface area contributed by atoms with E-state index in [0.29, 0.717) is 0 Å². The Hall–Kier alpha value is -2.35. The van der Waals surface area contributed by atoms with Crippen molar-refractivity contribution in [1.82, 2.24) is 0 Å². The van der Waals surface area contributed by atoms with E-state index in [0.717, 1.165) is 24.3 Å². The topological polar surface area (TPSA) is 23.8 Å². The molecule has 2 aromatic rings. The molecule has 0 aromatic heterocycles. The van der Waals surface area contributed by atoms with Crippen molar-refractivity contribution in [3.8, 4) is 17.2 Å². The number of benzene rings is 2. The van der Waals surface area contributed by atoms with Crippen molar-refractivity contribution >= 4 is 0 Å². The maximum atomic E-state index is 13.0. The summed E-state index contributed by atoms with van der Waals surface area (Å²) in [5.74, 6) is -0.612. The molecule has 0 heterocycles. The largest absolute Gasteiger partial charge is 0.417 e. The van der Waals surface area contributed by atoms with Gasteiger partial charge in [0.15, 0.2) is 0 Å².